The molecule has 1 heterocycles. The Balaban J connectivity index is 0.00000264. The zero-order valence-corrected chi connectivity index (χ0v) is 14.6. The van der Waals surface area contributed by atoms with Crippen LogP contribution in [-0.2, 0) is 4.79 Å². The summed E-state index contributed by atoms with van der Waals surface area (Å²) in [6, 6.07) is 4.90. The molecule has 1 aliphatic heterocycles. The van der Waals surface area contributed by atoms with Crippen molar-refractivity contribution in [3.63, 3.8) is 0 Å². The number of likely N-dealkylation sites (tertiary alicyclic amines) is 1. The molecule has 5 nitrogen and oxygen atoms in total. The zero-order chi connectivity index (χ0) is 16.1. The molecule has 1 saturated heterocycles. The van der Waals surface area contributed by atoms with Gasteiger partial charge in [-0.25, -0.2) is 0 Å². The van der Waals surface area contributed by atoms with E-state index in [9.17, 15) is 9.59 Å². The predicted octanol–water partition coefficient (Wildman–Crippen LogP) is 2.72. The second kappa shape index (κ2) is 8.89. The van der Waals surface area contributed by atoms with Crippen molar-refractivity contribution in [3.05, 3.63) is 29.3 Å². The van der Waals surface area contributed by atoms with Gasteiger partial charge >= 0.3 is 0 Å². The summed E-state index contributed by atoms with van der Waals surface area (Å²) in [6.45, 7) is 5.56. The van der Waals surface area contributed by atoms with Crippen molar-refractivity contribution < 1.29 is 9.59 Å². The van der Waals surface area contributed by atoms with Gasteiger partial charge in [-0.05, 0) is 49.9 Å². The molecule has 1 aliphatic rings. The van der Waals surface area contributed by atoms with Gasteiger partial charge in [-0.2, -0.15) is 0 Å². The summed E-state index contributed by atoms with van der Waals surface area (Å²) in [7, 11) is 0. The van der Waals surface area contributed by atoms with Crippen LogP contribution < -0.4 is 11.1 Å². The maximum Gasteiger partial charge on any atom is 0.253 e. The number of carbonyl (C=O) groups is 2. The van der Waals surface area contributed by atoms with Crippen molar-refractivity contribution in [2.45, 2.75) is 45.6 Å². The van der Waals surface area contributed by atoms with Crippen LogP contribution in [0, 0.1) is 6.92 Å². The van der Waals surface area contributed by atoms with Crippen molar-refractivity contribution in [1.29, 1.82) is 0 Å². The summed E-state index contributed by atoms with van der Waals surface area (Å²) < 4.78 is 0. The molecule has 1 atom stereocenters. The van der Waals surface area contributed by atoms with Crippen LogP contribution in [0.4, 0.5) is 5.69 Å². The number of anilines is 1. The second-order valence-electron chi connectivity index (χ2n) is 5.91. The van der Waals surface area contributed by atoms with Crippen LogP contribution in [0.3, 0.4) is 0 Å². The number of nitrogens with zero attached hydrogens (tertiary/aromatic N) is 1. The van der Waals surface area contributed by atoms with E-state index in [0.29, 0.717) is 12.0 Å². The number of carbonyl (C=O) groups excluding carboxylic acids is 2. The molecule has 0 spiro atoms. The average molecular weight is 340 g/mol. The lowest BCUT2D eigenvalue weighted by Crippen LogP contribution is -2.35. The van der Waals surface area contributed by atoms with Gasteiger partial charge in [-0.3, -0.25) is 9.59 Å². The van der Waals surface area contributed by atoms with Crippen molar-refractivity contribution in [2.24, 2.45) is 5.73 Å². The number of halogens is 1. The summed E-state index contributed by atoms with van der Waals surface area (Å²) in [6.07, 6.45) is 3.69. The Hall–Kier alpha value is -1.59. The molecule has 23 heavy (non-hydrogen) atoms. The van der Waals surface area contributed by atoms with Gasteiger partial charge in [-0.1, -0.05) is 13.3 Å². The van der Waals surface area contributed by atoms with E-state index in [1.54, 1.807) is 12.1 Å². The quantitative estimate of drug-likeness (QED) is 0.866. The Labute approximate surface area is 144 Å². The number of nitrogens with one attached hydrogen (secondary N) is 1. The van der Waals surface area contributed by atoms with Gasteiger partial charge in [-0.15, -0.1) is 12.4 Å². The molecular weight excluding hydrogens is 314 g/mol. The third kappa shape index (κ3) is 4.94. The van der Waals surface area contributed by atoms with E-state index in [1.165, 1.54) is 0 Å². The maximum atomic E-state index is 12.3. The van der Waals surface area contributed by atoms with Crippen LogP contribution in [0.2, 0.25) is 0 Å². The summed E-state index contributed by atoms with van der Waals surface area (Å²) in [5.41, 5.74) is 8.08. The smallest absolute Gasteiger partial charge is 0.253 e. The fourth-order valence-corrected chi connectivity index (χ4v) is 2.71. The number of amides is 2. The fraction of sp³-hybridized carbons (Fsp3) is 0.529. The van der Waals surface area contributed by atoms with Gasteiger partial charge in [0.25, 0.3) is 5.91 Å². The van der Waals surface area contributed by atoms with Gasteiger partial charge in [0.05, 0.1) is 6.04 Å². The third-order valence-corrected chi connectivity index (χ3v) is 4.06. The number of benzene rings is 1. The summed E-state index contributed by atoms with van der Waals surface area (Å²) in [4.78, 5) is 26.2. The first kappa shape index (κ1) is 19.5. The number of hydrogen-bond acceptors (Lipinski definition) is 3. The van der Waals surface area contributed by atoms with E-state index < -0.39 is 6.04 Å². The highest BCUT2D eigenvalue weighted by molar-refractivity contribution is 5.98. The minimum absolute atomic E-state index is 0. The molecule has 1 aromatic carbocycles. The Bertz CT molecular complexity index is 557. The van der Waals surface area contributed by atoms with Crippen LogP contribution in [0.25, 0.3) is 0 Å². The minimum Gasteiger partial charge on any atom is -0.339 e. The number of aryl methyl sites for hydroxylation is 1. The van der Waals surface area contributed by atoms with Crippen LogP contribution in [0.1, 0.15) is 48.5 Å². The molecule has 0 aromatic heterocycles. The monoisotopic (exact) mass is 339 g/mol. The zero-order valence-electron chi connectivity index (χ0n) is 13.8. The van der Waals surface area contributed by atoms with E-state index in [-0.39, 0.29) is 24.2 Å². The molecule has 0 bridgehead atoms. The molecule has 3 N–H and O–H groups in total. The summed E-state index contributed by atoms with van der Waals surface area (Å²) in [5, 5.41) is 2.84. The van der Waals surface area contributed by atoms with Crippen molar-refractivity contribution >= 4 is 29.9 Å². The SMILES string of the molecule is CCCC(N)C(=O)Nc1ccc(C(=O)N2CCCC2)cc1C.Cl. The maximum absolute atomic E-state index is 12.3. The lowest BCUT2D eigenvalue weighted by Gasteiger charge is -2.17. The Morgan fingerprint density at radius 1 is 1.30 bits per heavy atom. The van der Waals surface area contributed by atoms with E-state index in [4.69, 9.17) is 5.73 Å². The molecular formula is C17H26ClN3O2. The van der Waals surface area contributed by atoms with Crippen LogP contribution >= 0.6 is 12.4 Å². The molecule has 6 heteroatoms. The number of nitrogens with two attached hydrogens (primary N) is 1. The highest BCUT2D eigenvalue weighted by Gasteiger charge is 2.20. The van der Waals surface area contributed by atoms with Crippen LogP contribution in [0.15, 0.2) is 18.2 Å². The molecule has 0 saturated carbocycles. The largest absolute Gasteiger partial charge is 0.339 e. The molecule has 1 fully saturated rings. The van der Waals surface area contributed by atoms with Gasteiger partial charge in [0.15, 0.2) is 0 Å². The average Bonchev–Trinajstić information content (AvgIpc) is 3.03. The molecule has 128 valence electrons. The normalized spacial score (nSPS) is 15.0. The minimum atomic E-state index is -0.490. The molecule has 1 unspecified atom stereocenters. The first-order chi connectivity index (χ1) is 10.5. The molecule has 0 aliphatic carbocycles. The lowest BCUT2D eigenvalue weighted by molar-refractivity contribution is -0.117. The number of hydrogen-bond donors (Lipinski definition) is 2. The standard InChI is InChI=1S/C17H25N3O2.ClH/c1-3-6-14(18)16(21)19-15-8-7-13(11-12(15)2)17(22)20-9-4-5-10-20;/h7-8,11,14H,3-6,9-10,18H2,1-2H3,(H,19,21);1H. The Kier molecular flexibility index (Phi) is 7.52. The van der Waals surface area contributed by atoms with Gasteiger partial charge < -0.3 is 16.0 Å². The lowest BCUT2D eigenvalue weighted by atomic mass is 10.1. The fourth-order valence-electron chi connectivity index (χ4n) is 2.71. The van der Waals surface area contributed by atoms with Gasteiger partial charge in [0.2, 0.25) is 5.91 Å². The van der Waals surface area contributed by atoms with E-state index in [0.717, 1.165) is 43.6 Å². The Morgan fingerprint density at radius 3 is 2.52 bits per heavy atom. The van der Waals surface area contributed by atoms with Gasteiger partial charge in [0, 0.05) is 24.3 Å². The van der Waals surface area contributed by atoms with Crippen molar-refractivity contribution in [3.8, 4) is 0 Å². The first-order valence-corrected chi connectivity index (χ1v) is 7.99. The van der Waals surface area contributed by atoms with Crippen LogP contribution in [0.5, 0.6) is 0 Å². The first-order valence-electron chi connectivity index (χ1n) is 7.99. The molecule has 0 radical (unpaired) electrons. The predicted molar refractivity (Wildman–Crippen MR) is 95.1 cm³/mol. The molecule has 2 amide bonds. The third-order valence-electron chi connectivity index (χ3n) is 4.06. The Morgan fingerprint density at radius 2 is 1.96 bits per heavy atom. The number of rotatable bonds is 5. The van der Waals surface area contributed by atoms with Gasteiger partial charge in [0.1, 0.15) is 0 Å². The summed E-state index contributed by atoms with van der Waals surface area (Å²) >= 11 is 0. The molecule has 1 aromatic rings. The van der Waals surface area contributed by atoms with E-state index in [2.05, 4.69) is 5.32 Å². The highest BCUT2D eigenvalue weighted by Crippen LogP contribution is 2.20. The van der Waals surface area contributed by atoms with E-state index in [1.807, 2.05) is 24.8 Å². The van der Waals surface area contributed by atoms with Crippen LogP contribution in [-0.4, -0.2) is 35.8 Å². The van der Waals surface area contributed by atoms with Crippen molar-refractivity contribution in [1.82, 2.24) is 4.90 Å². The second-order valence-corrected chi connectivity index (χ2v) is 5.91. The summed E-state index contributed by atoms with van der Waals surface area (Å²) in [5.74, 6) is -0.107. The van der Waals surface area contributed by atoms with Crippen molar-refractivity contribution in [2.75, 3.05) is 18.4 Å². The van der Waals surface area contributed by atoms with E-state index >= 15 is 0 Å². The molecule has 2 rings (SSSR count). The highest BCUT2D eigenvalue weighted by atomic mass is 35.5. The topological polar surface area (TPSA) is 75.4 Å².